The number of nitrogens with one attached hydrogen (secondary N) is 3. The Hall–Kier alpha value is -5.51. The van der Waals surface area contributed by atoms with Crippen LogP contribution in [0.1, 0.15) is 44.1 Å². The first-order chi connectivity index (χ1) is 25.9. The van der Waals surface area contributed by atoms with Crippen LogP contribution >= 0.6 is 0 Å². The third-order valence-corrected chi connectivity index (χ3v) is 11.8. The summed E-state index contributed by atoms with van der Waals surface area (Å²) in [5.74, 6) is -3.17. The van der Waals surface area contributed by atoms with E-state index in [1.54, 1.807) is 6.20 Å². The monoisotopic (exact) mass is 760 g/mol. The molecule has 5 atom stereocenters. The predicted molar refractivity (Wildman–Crippen MR) is 199 cm³/mol. The SMILES string of the molecule is C=CCN(C[C@@H]1NC(=O)OCCC/C=C/c2ccc3ccnc(c3c2)OC2C[C@@H](C(=O)N[C@]3(C(=O)NS(=O)(=O)C4CC4)C[C@H]3C=C)N(C2)C1=O)C(=O)C=C. The first kappa shape index (κ1) is 38.2. The molecule has 1 saturated heterocycles. The fourth-order valence-corrected chi connectivity index (χ4v) is 8.19. The molecule has 1 unspecified atom stereocenters. The molecule has 0 spiro atoms. The Bertz CT molecular complexity index is 2010. The molecule has 16 heteroatoms. The first-order valence-corrected chi connectivity index (χ1v) is 19.4. The molecule has 2 aliphatic carbocycles. The zero-order chi connectivity index (χ0) is 38.6. The highest BCUT2D eigenvalue weighted by atomic mass is 32.2. The molecule has 6 rings (SSSR count). The number of amides is 5. The molecule has 15 nitrogen and oxygen atoms in total. The largest absolute Gasteiger partial charge is 0.472 e. The molecule has 2 saturated carbocycles. The lowest BCUT2D eigenvalue weighted by Gasteiger charge is -2.32. The van der Waals surface area contributed by atoms with Crippen molar-refractivity contribution in [2.45, 2.75) is 67.5 Å². The van der Waals surface area contributed by atoms with E-state index in [1.807, 2.05) is 36.4 Å². The Kier molecular flexibility index (Phi) is 11.2. The lowest BCUT2D eigenvalue weighted by Crippen LogP contribution is -2.60. The van der Waals surface area contributed by atoms with Crippen molar-refractivity contribution in [1.29, 1.82) is 0 Å². The molecule has 286 valence electrons. The number of benzene rings is 1. The quantitative estimate of drug-likeness (QED) is 0.226. The molecule has 4 aliphatic rings. The number of ether oxygens (including phenoxy) is 2. The van der Waals surface area contributed by atoms with Gasteiger partial charge in [-0.1, -0.05) is 43.0 Å². The summed E-state index contributed by atoms with van der Waals surface area (Å²) < 4.78 is 39.4. The molecule has 4 bridgehead atoms. The molecule has 2 aliphatic heterocycles. The van der Waals surface area contributed by atoms with Gasteiger partial charge in [0.2, 0.25) is 33.6 Å². The third kappa shape index (κ3) is 8.33. The zero-order valence-electron chi connectivity index (χ0n) is 29.8. The number of sulfonamides is 1. The molecule has 1 aromatic carbocycles. The molecule has 3 heterocycles. The van der Waals surface area contributed by atoms with Gasteiger partial charge < -0.3 is 29.9 Å². The maximum Gasteiger partial charge on any atom is 0.407 e. The van der Waals surface area contributed by atoms with Crippen molar-refractivity contribution in [3.63, 3.8) is 0 Å². The lowest BCUT2D eigenvalue weighted by molar-refractivity contribution is -0.141. The number of aromatic nitrogens is 1. The normalized spacial score (nSPS) is 26.2. The Morgan fingerprint density at radius 2 is 1.94 bits per heavy atom. The molecule has 54 heavy (non-hydrogen) atoms. The number of pyridine rings is 1. The Morgan fingerprint density at radius 3 is 2.65 bits per heavy atom. The lowest BCUT2D eigenvalue weighted by atomic mass is 10.1. The maximum atomic E-state index is 14.6. The van der Waals surface area contributed by atoms with E-state index in [4.69, 9.17) is 9.47 Å². The van der Waals surface area contributed by atoms with Gasteiger partial charge in [0, 0.05) is 30.5 Å². The number of carbonyl (C=O) groups excluding carboxylic acids is 5. The Balaban J connectivity index is 1.35. The van der Waals surface area contributed by atoms with E-state index in [2.05, 4.69) is 40.1 Å². The number of carbonyl (C=O) groups is 5. The van der Waals surface area contributed by atoms with Crippen molar-refractivity contribution >= 4 is 56.6 Å². The average molecular weight is 761 g/mol. The van der Waals surface area contributed by atoms with Crippen molar-refractivity contribution in [1.82, 2.24) is 30.1 Å². The van der Waals surface area contributed by atoms with Crippen LogP contribution in [-0.4, -0.2) is 108 Å². The number of fused-ring (bicyclic) bond motifs is 3. The highest BCUT2D eigenvalue weighted by Gasteiger charge is 2.62. The third-order valence-electron chi connectivity index (χ3n) is 10.0. The highest BCUT2D eigenvalue weighted by Crippen LogP contribution is 2.45. The number of hydrogen-bond donors (Lipinski definition) is 3. The summed E-state index contributed by atoms with van der Waals surface area (Å²) in [6.07, 6.45) is 9.78. The summed E-state index contributed by atoms with van der Waals surface area (Å²) in [7, 11) is -3.94. The fourth-order valence-electron chi connectivity index (χ4n) is 6.82. The van der Waals surface area contributed by atoms with Gasteiger partial charge in [0.25, 0.3) is 5.91 Å². The second-order valence-corrected chi connectivity index (χ2v) is 15.8. The number of allylic oxidation sites excluding steroid dienone is 1. The van der Waals surface area contributed by atoms with E-state index < -0.39 is 74.6 Å². The van der Waals surface area contributed by atoms with Gasteiger partial charge in [-0.2, -0.15) is 0 Å². The number of alkyl carbamates (subject to hydrolysis) is 1. The van der Waals surface area contributed by atoms with Crippen LogP contribution in [0.3, 0.4) is 0 Å². The number of cyclic esters (lactones) is 1. The summed E-state index contributed by atoms with van der Waals surface area (Å²) in [4.78, 5) is 75.2. The maximum absolute atomic E-state index is 14.6. The smallest absolute Gasteiger partial charge is 0.407 e. The molecule has 3 N–H and O–H groups in total. The Morgan fingerprint density at radius 1 is 1.15 bits per heavy atom. The minimum Gasteiger partial charge on any atom is -0.472 e. The predicted octanol–water partition coefficient (Wildman–Crippen LogP) is 2.35. The topological polar surface area (TPSA) is 193 Å². The molecular weight excluding hydrogens is 717 g/mol. The van der Waals surface area contributed by atoms with Gasteiger partial charge in [0.05, 0.1) is 24.9 Å². The molecular formula is C38H44N6O9S. The van der Waals surface area contributed by atoms with Crippen LogP contribution in [-0.2, 0) is 33.9 Å². The summed E-state index contributed by atoms with van der Waals surface area (Å²) >= 11 is 0. The average Bonchev–Trinajstić information content (AvgIpc) is 4.08. The van der Waals surface area contributed by atoms with Crippen molar-refractivity contribution in [3.05, 3.63) is 80.1 Å². The fraction of sp³-hybridized carbons (Fsp3) is 0.421. The Labute approximate surface area is 313 Å². The molecule has 2 aromatic rings. The van der Waals surface area contributed by atoms with E-state index in [9.17, 15) is 32.4 Å². The van der Waals surface area contributed by atoms with Gasteiger partial charge in [0.15, 0.2) is 0 Å². The summed E-state index contributed by atoms with van der Waals surface area (Å²) in [6.45, 7) is 10.6. The summed E-state index contributed by atoms with van der Waals surface area (Å²) in [6, 6.07) is 4.99. The van der Waals surface area contributed by atoms with Crippen molar-refractivity contribution in [3.8, 4) is 5.88 Å². The van der Waals surface area contributed by atoms with E-state index in [1.165, 1.54) is 22.0 Å². The van der Waals surface area contributed by atoms with Gasteiger partial charge in [-0.15, -0.1) is 13.2 Å². The van der Waals surface area contributed by atoms with E-state index in [-0.39, 0.29) is 45.0 Å². The minimum atomic E-state index is -3.94. The van der Waals surface area contributed by atoms with Crippen molar-refractivity contribution < 1.29 is 41.9 Å². The summed E-state index contributed by atoms with van der Waals surface area (Å²) in [5, 5.41) is 6.22. The van der Waals surface area contributed by atoms with Crippen LogP contribution < -0.4 is 20.1 Å². The van der Waals surface area contributed by atoms with Crippen LogP contribution in [0.25, 0.3) is 16.8 Å². The molecule has 1 aromatic heterocycles. The number of hydrogen-bond acceptors (Lipinski definition) is 10. The van der Waals surface area contributed by atoms with Crippen LogP contribution in [0.4, 0.5) is 4.79 Å². The van der Waals surface area contributed by atoms with Gasteiger partial charge in [0.1, 0.15) is 23.7 Å². The minimum absolute atomic E-state index is 0.0203. The van der Waals surface area contributed by atoms with E-state index >= 15 is 0 Å². The standard InChI is InChI=1S/C38H44N6O9S/c1-4-17-43(32(45)6-3)23-30-35(47)44-22-27(20-31(44)33(46)41-38(21-26(38)5-2)36(48)42-54(50,51)28-13-14-28)53-34-29-19-24(11-12-25(29)15-16-39-34)10-8-7-9-18-52-37(49)40-30/h4-6,8,10-12,15-16,19,26-28,30-31H,1-3,7,9,13-14,17-18,20-23H2,(H,40,49)(H,41,46)(H,42,48)/b10-8+/t26-,27?,30+,31+,38-/m1/s1. The number of nitrogens with zero attached hydrogens (tertiary/aromatic N) is 3. The van der Waals surface area contributed by atoms with Crippen molar-refractivity contribution in [2.24, 2.45) is 5.92 Å². The second-order valence-electron chi connectivity index (χ2n) is 13.9. The highest BCUT2D eigenvalue weighted by molar-refractivity contribution is 7.91. The zero-order valence-corrected chi connectivity index (χ0v) is 30.6. The summed E-state index contributed by atoms with van der Waals surface area (Å²) in [5.41, 5.74) is -0.726. The van der Waals surface area contributed by atoms with Crippen LogP contribution in [0, 0.1) is 5.92 Å². The van der Waals surface area contributed by atoms with Gasteiger partial charge in [-0.25, -0.2) is 18.2 Å². The first-order valence-electron chi connectivity index (χ1n) is 17.9. The number of rotatable bonds is 11. The van der Waals surface area contributed by atoms with Gasteiger partial charge in [-0.3, -0.25) is 23.9 Å². The molecule has 0 radical (unpaired) electrons. The van der Waals surface area contributed by atoms with E-state index in [0.717, 1.165) is 17.0 Å². The van der Waals surface area contributed by atoms with Gasteiger partial charge >= 0.3 is 6.09 Å². The van der Waals surface area contributed by atoms with Gasteiger partial charge in [-0.05, 0) is 61.3 Å². The second kappa shape index (κ2) is 15.8. The van der Waals surface area contributed by atoms with Crippen LogP contribution in [0.15, 0.2) is 74.5 Å². The molecule has 5 amide bonds. The van der Waals surface area contributed by atoms with Crippen LogP contribution in [0.5, 0.6) is 5.88 Å². The van der Waals surface area contributed by atoms with Crippen LogP contribution in [0.2, 0.25) is 0 Å². The van der Waals surface area contributed by atoms with E-state index in [0.29, 0.717) is 31.1 Å². The van der Waals surface area contributed by atoms with Crippen molar-refractivity contribution in [2.75, 3.05) is 26.2 Å². The molecule has 3 fully saturated rings.